The number of esters is 1. The van der Waals surface area contributed by atoms with Crippen LogP contribution >= 0.6 is 7.82 Å². The van der Waals surface area contributed by atoms with Crippen molar-refractivity contribution in [1.29, 1.82) is 0 Å². The number of carbonyl (C=O) groups is 1. The predicted octanol–water partition coefficient (Wildman–Crippen LogP) is 13.2. The lowest BCUT2D eigenvalue weighted by Crippen LogP contribution is -2.37. The van der Waals surface area contributed by atoms with Gasteiger partial charge in [0.05, 0.1) is 34.4 Å². The van der Waals surface area contributed by atoms with E-state index in [9.17, 15) is 14.3 Å². The third kappa shape index (κ3) is 43.4. The molecule has 9 heteroatoms. The molecule has 0 spiro atoms. The van der Waals surface area contributed by atoms with Crippen LogP contribution in [0.15, 0.2) is 48.6 Å². The zero-order valence-corrected chi connectivity index (χ0v) is 37.3. The van der Waals surface area contributed by atoms with E-state index in [-0.39, 0.29) is 25.8 Å². The molecular formula is C46H87NO7P+. The van der Waals surface area contributed by atoms with Gasteiger partial charge in [0, 0.05) is 13.0 Å². The number of hydrogen-bond donors (Lipinski definition) is 1. The molecule has 322 valence electrons. The number of rotatable bonds is 41. The molecule has 0 saturated carbocycles. The van der Waals surface area contributed by atoms with E-state index in [2.05, 4.69) is 62.5 Å². The Morgan fingerprint density at radius 3 is 1.60 bits per heavy atom. The summed E-state index contributed by atoms with van der Waals surface area (Å²) in [6.45, 7) is 5.47. The molecule has 8 nitrogen and oxygen atoms in total. The van der Waals surface area contributed by atoms with E-state index in [1.54, 1.807) is 0 Å². The molecule has 0 heterocycles. The van der Waals surface area contributed by atoms with Crippen LogP contribution < -0.4 is 0 Å². The third-order valence-corrected chi connectivity index (χ3v) is 10.4. The number of nitrogens with zero attached hydrogens (tertiary/aromatic N) is 1. The van der Waals surface area contributed by atoms with E-state index in [4.69, 9.17) is 18.5 Å². The van der Waals surface area contributed by atoms with Crippen molar-refractivity contribution in [3.8, 4) is 0 Å². The Bertz CT molecular complexity index is 1020. The van der Waals surface area contributed by atoms with E-state index in [0.717, 1.165) is 64.2 Å². The monoisotopic (exact) mass is 797 g/mol. The van der Waals surface area contributed by atoms with Crippen LogP contribution in [0.25, 0.3) is 0 Å². The maximum atomic E-state index is 12.7. The summed E-state index contributed by atoms with van der Waals surface area (Å²) in [4.78, 5) is 22.9. The van der Waals surface area contributed by atoms with Crippen molar-refractivity contribution in [2.45, 2.75) is 187 Å². The fourth-order valence-corrected chi connectivity index (χ4v) is 6.66. The first-order valence-corrected chi connectivity index (χ1v) is 23.9. The van der Waals surface area contributed by atoms with Crippen molar-refractivity contribution < 1.29 is 37.3 Å². The molecule has 55 heavy (non-hydrogen) atoms. The van der Waals surface area contributed by atoms with Gasteiger partial charge in [0.2, 0.25) is 0 Å². The van der Waals surface area contributed by atoms with E-state index < -0.39 is 13.9 Å². The number of likely N-dealkylation sites (N-methyl/N-ethyl adjacent to an activating group) is 1. The van der Waals surface area contributed by atoms with E-state index in [1.807, 2.05) is 21.1 Å². The first-order valence-electron chi connectivity index (χ1n) is 22.4. The summed E-state index contributed by atoms with van der Waals surface area (Å²) in [5, 5.41) is 0. The van der Waals surface area contributed by atoms with E-state index in [1.165, 1.54) is 96.3 Å². The summed E-state index contributed by atoms with van der Waals surface area (Å²) < 4.78 is 35.0. The minimum absolute atomic E-state index is 0.0836. The molecule has 0 aliphatic heterocycles. The van der Waals surface area contributed by atoms with Crippen molar-refractivity contribution in [2.24, 2.45) is 0 Å². The second-order valence-electron chi connectivity index (χ2n) is 16.0. The van der Waals surface area contributed by atoms with Gasteiger partial charge in [0.1, 0.15) is 19.3 Å². The van der Waals surface area contributed by atoms with Crippen LogP contribution in [0.3, 0.4) is 0 Å². The molecule has 0 amide bonds. The number of ether oxygens (including phenoxy) is 2. The number of carbonyl (C=O) groups excluding carboxylic acids is 1. The summed E-state index contributed by atoms with van der Waals surface area (Å²) in [6, 6.07) is 0. The number of allylic oxidation sites excluding steroid dienone is 8. The van der Waals surface area contributed by atoms with E-state index in [0.29, 0.717) is 24.1 Å². The first kappa shape index (κ1) is 53.5. The van der Waals surface area contributed by atoms with Gasteiger partial charge in [-0.05, 0) is 70.6 Å². The van der Waals surface area contributed by atoms with Gasteiger partial charge < -0.3 is 18.9 Å². The Morgan fingerprint density at radius 1 is 0.582 bits per heavy atom. The van der Waals surface area contributed by atoms with Crippen LogP contribution in [0.4, 0.5) is 0 Å². The Balaban J connectivity index is 4.25. The van der Waals surface area contributed by atoms with Gasteiger partial charge >= 0.3 is 13.8 Å². The fourth-order valence-electron chi connectivity index (χ4n) is 5.91. The van der Waals surface area contributed by atoms with Crippen LogP contribution in [-0.2, 0) is 27.9 Å². The number of hydrogen-bond acceptors (Lipinski definition) is 6. The summed E-state index contributed by atoms with van der Waals surface area (Å²) in [5.41, 5.74) is 0. The largest absolute Gasteiger partial charge is 0.472 e. The van der Waals surface area contributed by atoms with Crippen LogP contribution in [0, 0.1) is 0 Å². The molecule has 1 N–H and O–H groups in total. The quantitative estimate of drug-likeness (QED) is 0.0217. The van der Waals surface area contributed by atoms with Gasteiger partial charge in [-0.2, -0.15) is 0 Å². The Kier molecular flexibility index (Phi) is 38.2. The second-order valence-corrected chi connectivity index (χ2v) is 17.5. The van der Waals surface area contributed by atoms with Crippen LogP contribution in [0.1, 0.15) is 181 Å². The minimum Gasteiger partial charge on any atom is -0.457 e. The minimum atomic E-state index is -4.28. The first-order chi connectivity index (χ1) is 26.6. The standard InChI is InChI=1S/C46H86NO7P/c1-6-8-10-12-14-16-18-20-22-24-25-27-29-31-33-35-37-39-46(48)54-45(44-53-55(49,50)52-42-40-47(3,4)5)43-51-41-38-36-34-32-30-28-26-23-21-19-17-15-13-11-9-7-2/h9,11,15,17,20-23,45H,6-8,10,12-14,16,18-19,24-44H2,1-5H3/p+1/b11-9-,17-15-,22-20-,23-21-. The zero-order chi connectivity index (χ0) is 40.6. The number of quaternary nitrogens is 1. The predicted molar refractivity (Wildman–Crippen MR) is 233 cm³/mol. The molecule has 0 aromatic heterocycles. The van der Waals surface area contributed by atoms with Gasteiger partial charge in [-0.25, -0.2) is 4.57 Å². The Labute approximate surface area is 339 Å². The Morgan fingerprint density at radius 2 is 1.05 bits per heavy atom. The van der Waals surface area contributed by atoms with Gasteiger partial charge in [-0.3, -0.25) is 13.8 Å². The molecule has 2 unspecified atom stereocenters. The lowest BCUT2D eigenvalue weighted by molar-refractivity contribution is -0.870. The SMILES string of the molecule is CC/C=C\C/C=C\C/C=C\CCCCCCCCOCC(COP(=O)(O)OCC[N+](C)(C)C)OC(=O)CCCCCCCCC/C=C\CCCCCCCC. The molecule has 0 rings (SSSR count). The zero-order valence-electron chi connectivity index (χ0n) is 36.4. The molecule has 0 aromatic carbocycles. The molecule has 0 aliphatic carbocycles. The topological polar surface area (TPSA) is 91.3 Å². The van der Waals surface area contributed by atoms with Crippen molar-refractivity contribution >= 4 is 13.8 Å². The summed E-state index contributed by atoms with van der Waals surface area (Å²) in [7, 11) is 1.65. The summed E-state index contributed by atoms with van der Waals surface area (Å²) in [5.74, 6) is -0.324. The third-order valence-electron chi connectivity index (χ3n) is 9.37. The lowest BCUT2D eigenvalue weighted by atomic mass is 10.1. The second kappa shape index (κ2) is 39.3. The molecule has 0 aliphatic rings. The summed E-state index contributed by atoms with van der Waals surface area (Å²) >= 11 is 0. The molecule has 0 saturated heterocycles. The molecule has 0 fully saturated rings. The smallest absolute Gasteiger partial charge is 0.457 e. The highest BCUT2D eigenvalue weighted by molar-refractivity contribution is 7.47. The fraction of sp³-hybridized carbons (Fsp3) is 0.804. The van der Waals surface area contributed by atoms with Crippen LogP contribution in [0.5, 0.6) is 0 Å². The van der Waals surface area contributed by atoms with Gasteiger partial charge in [0.15, 0.2) is 0 Å². The number of phosphoric acid groups is 1. The normalized spacial score (nSPS) is 14.2. The highest BCUT2D eigenvalue weighted by Gasteiger charge is 2.26. The van der Waals surface area contributed by atoms with Crippen molar-refractivity contribution in [3.63, 3.8) is 0 Å². The Hall–Kier alpha value is -1.54. The van der Waals surface area contributed by atoms with Crippen molar-refractivity contribution in [3.05, 3.63) is 48.6 Å². The maximum Gasteiger partial charge on any atom is 0.472 e. The van der Waals surface area contributed by atoms with Crippen molar-refractivity contribution in [1.82, 2.24) is 0 Å². The van der Waals surface area contributed by atoms with Gasteiger partial charge in [-0.15, -0.1) is 0 Å². The van der Waals surface area contributed by atoms with Gasteiger partial charge in [-0.1, -0.05) is 152 Å². The average Bonchev–Trinajstić information content (AvgIpc) is 3.13. The lowest BCUT2D eigenvalue weighted by Gasteiger charge is -2.24. The maximum absolute atomic E-state index is 12.7. The number of unbranched alkanes of at least 4 members (excludes halogenated alkanes) is 19. The van der Waals surface area contributed by atoms with Crippen molar-refractivity contribution in [2.75, 3.05) is 54.1 Å². The van der Waals surface area contributed by atoms with Gasteiger partial charge in [0.25, 0.3) is 0 Å². The molecule has 0 aromatic rings. The highest BCUT2D eigenvalue weighted by Crippen LogP contribution is 2.43. The van der Waals surface area contributed by atoms with Crippen LogP contribution in [-0.4, -0.2) is 75.6 Å². The molecule has 0 bridgehead atoms. The highest BCUT2D eigenvalue weighted by atomic mass is 31.2. The number of phosphoric ester groups is 1. The molecule has 2 atom stereocenters. The average molecular weight is 797 g/mol. The van der Waals surface area contributed by atoms with Crippen LogP contribution in [0.2, 0.25) is 0 Å². The molecular weight excluding hydrogens is 709 g/mol. The molecule has 0 radical (unpaired) electrons. The summed E-state index contributed by atoms with van der Waals surface area (Å²) in [6.07, 6.45) is 47.1. The van der Waals surface area contributed by atoms with E-state index >= 15 is 0 Å².